The summed E-state index contributed by atoms with van der Waals surface area (Å²) in [4.78, 5) is 39.4. The molecule has 6 heteroatoms. The number of allylic oxidation sites excluding steroid dienone is 2. The Morgan fingerprint density at radius 1 is 0.659 bits per heavy atom. The minimum absolute atomic E-state index is 0.0426. The van der Waals surface area contributed by atoms with Gasteiger partial charge in [-0.05, 0) is 41.5 Å². The molecular weight excluding hydrogens is 510 g/mol. The van der Waals surface area contributed by atoms with Gasteiger partial charge in [0.25, 0.3) is 5.91 Å². The number of nitrogens with one attached hydrogen (secondary N) is 3. The molecule has 0 aromatic heterocycles. The van der Waals surface area contributed by atoms with Crippen molar-refractivity contribution >= 4 is 28.9 Å². The first-order valence-corrected chi connectivity index (χ1v) is 15.3. The summed E-state index contributed by atoms with van der Waals surface area (Å²) < 4.78 is 0. The second-order valence-electron chi connectivity index (χ2n) is 11.2. The summed E-state index contributed by atoms with van der Waals surface area (Å²) in [5, 5.41) is 9.12. The van der Waals surface area contributed by atoms with E-state index in [1.807, 2.05) is 80.6 Å². The van der Waals surface area contributed by atoms with Crippen LogP contribution < -0.4 is 16.0 Å². The fourth-order valence-corrected chi connectivity index (χ4v) is 5.02. The zero-order valence-corrected chi connectivity index (χ0v) is 24.8. The molecule has 0 unspecified atom stereocenters. The van der Waals surface area contributed by atoms with Gasteiger partial charge in [-0.15, -0.1) is 0 Å². The van der Waals surface area contributed by atoms with E-state index in [1.165, 1.54) is 19.3 Å². The number of carbonyl (C=O) groups excluding carboxylic acids is 3. The van der Waals surface area contributed by atoms with E-state index in [2.05, 4.69) is 16.0 Å². The maximum Gasteiger partial charge on any atom is 0.252 e. The van der Waals surface area contributed by atoms with E-state index in [0.717, 1.165) is 55.2 Å². The molecule has 2 aromatic rings. The van der Waals surface area contributed by atoms with Crippen LogP contribution in [-0.4, -0.2) is 36.9 Å². The molecule has 3 rings (SSSR count). The highest BCUT2D eigenvalue weighted by molar-refractivity contribution is 6.20. The van der Waals surface area contributed by atoms with E-state index < -0.39 is 6.04 Å². The quantitative estimate of drug-likeness (QED) is 0.406. The third-order valence-corrected chi connectivity index (χ3v) is 7.52. The Labute approximate surface area is 246 Å². The number of amides is 3. The number of benzene rings is 2. The van der Waals surface area contributed by atoms with Gasteiger partial charge in [0.1, 0.15) is 6.04 Å². The molecule has 1 aliphatic heterocycles. The van der Waals surface area contributed by atoms with Gasteiger partial charge in [-0.25, -0.2) is 0 Å². The number of hydrogen-bond donors (Lipinski definition) is 3. The number of rotatable bonds is 3. The molecule has 0 bridgehead atoms. The van der Waals surface area contributed by atoms with Crippen molar-refractivity contribution < 1.29 is 14.4 Å². The van der Waals surface area contributed by atoms with Gasteiger partial charge >= 0.3 is 0 Å². The minimum Gasteiger partial charge on any atom is -0.354 e. The molecule has 0 spiro atoms. The second kappa shape index (κ2) is 17.9. The molecule has 1 atom stereocenters. The molecule has 6 nitrogen and oxygen atoms in total. The summed E-state index contributed by atoms with van der Waals surface area (Å²) in [7, 11) is 0. The first kappa shape index (κ1) is 31.9. The van der Waals surface area contributed by atoms with Crippen molar-refractivity contribution in [2.24, 2.45) is 5.92 Å². The Morgan fingerprint density at radius 3 is 1.83 bits per heavy atom. The van der Waals surface area contributed by atoms with Crippen molar-refractivity contribution in [3.05, 3.63) is 83.9 Å². The largest absolute Gasteiger partial charge is 0.354 e. The van der Waals surface area contributed by atoms with Crippen LogP contribution in [0.3, 0.4) is 0 Å². The lowest BCUT2D eigenvalue weighted by Gasteiger charge is -2.22. The highest BCUT2D eigenvalue weighted by Gasteiger charge is 2.25. The van der Waals surface area contributed by atoms with E-state index in [-0.39, 0.29) is 23.6 Å². The normalized spacial score (nSPS) is 22.3. The zero-order valence-electron chi connectivity index (χ0n) is 24.8. The predicted octanol–water partition coefficient (Wildman–Crippen LogP) is 6.44. The van der Waals surface area contributed by atoms with E-state index >= 15 is 0 Å². The molecule has 3 amide bonds. The Hall–Kier alpha value is -3.67. The number of carbonyl (C=O) groups is 3. The van der Waals surface area contributed by atoms with E-state index in [4.69, 9.17) is 0 Å². The van der Waals surface area contributed by atoms with Gasteiger partial charge < -0.3 is 16.0 Å². The fraction of sp³-hybridized carbons (Fsp3) is 0.457. The van der Waals surface area contributed by atoms with Crippen LogP contribution in [0.1, 0.15) is 89.2 Å². The van der Waals surface area contributed by atoms with E-state index in [0.29, 0.717) is 25.1 Å². The maximum atomic E-state index is 13.7. The molecule has 2 aromatic carbocycles. The molecule has 0 radical (unpaired) electrons. The standard InChI is InChI=1S/C35H47N3O3/c1-27(2)33-35(41)36-25-17-9-7-5-3-4-6-8-16-22-32(39)37-26-30(28-18-12-10-13-19-28)23-24-31(34(40)38-33)29-20-14-11-15-21-29/h10-15,18-21,23-24,27,33H,3-9,16-17,22,25-26H2,1-2H3,(H,36,41)(H,37,39)(H,38,40)/b30-23+,31-24-/t33-/m1/s1. The molecule has 3 N–H and O–H groups in total. The predicted molar refractivity (Wildman–Crippen MR) is 168 cm³/mol. The van der Waals surface area contributed by atoms with Crippen LogP contribution in [0.2, 0.25) is 0 Å². The average Bonchev–Trinajstić information content (AvgIpc) is 2.98. The van der Waals surface area contributed by atoms with E-state index in [9.17, 15) is 14.4 Å². The monoisotopic (exact) mass is 557 g/mol. The average molecular weight is 558 g/mol. The molecule has 0 aliphatic carbocycles. The molecule has 0 saturated carbocycles. The van der Waals surface area contributed by atoms with Gasteiger partial charge in [-0.2, -0.15) is 0 Å². The van der Waals surface area contributed by atoms with Crippen LogP contribution in [0.25, 0.3) is 11.1 Å². The Bertz CT molecular complexity index is 1160. The summed E-state index contributed by atoms with van der Waals surface area (Å²) in [6.07, 6.45) is 14.1. The first-order valence-electron chi connectivity index (χ1n) is 15.3. The van der Waals surface area contributed by atoms with Crippen LogP contribution in [-0.2, 0) is 14.4 Å². The zero-order chi connectivity index (χ0) is 29.3. The summed E-state index contributed by atoms with van der Waals surface area (Å²) in [6.45, 7) is 4.86. The van der Waals surface area contributed by atoms with Gasteiger partial charge in [-0.1, -0.05) is 126 Å². The smallest absolute Gasteiger partial charge is 0.252 e. The summed E-state index contributed by atoms with van der Waals surface area (Å²) in [6, 6.07) is 18.7. The Morgan fingerprint density at radius 2 is 1.22 bits per heavy atom. The molecule has 0 saturated heterocycles. The third kappa shape index (κ3) is 11.4. The van der Waals surface area contributed by atoms with Gasteiger partial charge in [0.2, 0.25) is 11.8 Å². The van der Waals surface area contributed by atoms with Crippen LogP contribution in [0.4, 0.5) is 0 Å². The Balaban J connectivity index is 1.91. The molecular formula is C35H47N3O3. The molecule has 220 valence electrons. The van der Waals surface area contributed by atoms with Crippen LogP contribution >= 0.6 is 0 Å². The second-order valence-corrected chi connectivity index (χ2v) is 11.2. The summed E-state index contributed by atoms with van der Waals surface area (Å²) in [5.41, 5.74) is 3.09. The molecule has 1 aliphatic rings. The summed E-state index contributed by atoms with van der Waals surface area (Å²) in [5.74, 6) is -0.490. The number of hydrogen-bond acceptors (Lipinski definition) is 3. The first-order chi connectivity index (χ1) is 20.0. The fourth-order valence-electron chi connectivity index (χ4n) is 5.02. The van der Waals surface area contributed by atoms with Crippen LogP contribution in [0.15, 0.2) is 72.8 Å². The topological polar surface area (TPSA) is 87.3 Å². The minimum atomic E-state index is -0.645. The molecule has 1 heterocycles. The van der Waals surface area contributed by atoms with Crippen molar-refractivity contribution in [1.29, 1.82) is 0 Å². The lowest BCUT2D eigenvalue weighted by molar-refractivity contribution is -0.127. The van der Waals surface area contributed by atoms with Gasteiger partial charge in [-0.3, -0.25) is 14.4 Å². The molecule has 41 heavy (non-hydrogen) atoms. The van der Waals surface area contributed by atoms with Crippen molar-refractivity contribution in [2.45, 2.75) is 84.1 Å². The summed E-state index contributed by atoms with van der Waals surface area (Å²) >= 11 is 0. The van der Waals surface area contributed by atoms with Crippen molar-refractivity contribution in [2.75, 3.05) is 13.1 Å². The van der Waals surface area contributed by atoms with Gasteiger partial charge in [0.05, 0.1) is 0 Å². The van der Waals surface area contributed by atoms with Crippen molar-refractivity contribution in [3.8, 4) is 0 Å². The lowest BCUT2D eigenvalue weighted by atomic mass is 9.99. The van der Waals surface area contributed by atoms with Crippen molar-refractivity contribution in [3.63, 3.8) is 0 Å². The highest BCUT2D eigenvalue weighted by atomic mass is 16.2. The van der Waals surface area contributed by atoms with Crippen LogP contribution in [0.5, 0.6) is 0 Å². The van der Waals surface area contributed by atoms with E-state index in [1.54, 1.807) is 6.08 Å². The molecule has 0 fully saturated rings. The lowest BCUT2D eigenvalue weighted by Crippen LogP contribution is -2.50. The SMILES string of the molecule is CC(C)[C@H]1NC(=O)/C(c2ccccc2)=C\C=C(\c2ccccc2)CNC(=O)CCCCCCCCCCCNC1=O. The van der Waals surface area contributed by atoms with Crippen LogP contribution in [0, 0.1) is 5.92 Å². The third-order valence-electron chi connectivity index (χ3n) is 7.52. The Kier molecular flexibility index (Phi) is 13.9. The van der Waals surface area contributed by atoms with Crippen molar-refractivity contribution in [1.82, 2.24) is 16.0 Å². The van der Waals surface area contributed by atoms with Gasteiger partial charge in [0, 0.05) is 25.1 Å². The highest BCUT2D eigenvalue weighted by Crippen LogP contribution is 2.20. The maximum absolute atomic E-state index is 13.7. The van der Waals surface area contributed by atoms with Gasteiger partial charge in [0.15, 0.2) is 0 Å².